The molecule has 0 aliphatic rings. The molecule has 7 aromatic carbocycles. The van der Waals surface area contributed by atoms with Gasteiger partial charge in [0.15, 0.2) is 0 Å². The van der Waals surface area contributed by atoms with E-state index in [-0.39, 0.29) is 0 Å². The summed E-state index contributed by atoms with van der Waals surface area (Å²) in [4.78, 5) is 14.3. The number of hydrogen-bond acceptors (Lipinski definition) is 5. The fourth-order valence-electron chi connectivity index (χ4n) is 7.70. The SMILES string of the molecule is c1cc(-c2ccc3c4ccccc4c4ccccc4c3c2)cc(-c2cccc3c2oc2nc(-c4ncnc5c4sc4ccccc45)ccc23)c1. The van der Waals surface area contributed by atoms with E-state index < -0.39 is 0 Å². The molecule has 4 heterocycles. The van der Waals surface area contributed by atoms with E-state index in [1.807, 2.05) is 12.1 Å². The van der Waals surface area contributed by atoms with Gasteiger partial charge in [0.05, 0.1) is 15.9 Å². The summed E-state index contributed by atoms with van der Waals surface area (Å²) in [7, 11) is 0. The number of pyridine rings is 1. The molecule has 0 amide bonds. The Labute approximate surface area is 289 Å². The van der Waals surface area contributed by atoms with E-state index in [9.17, 15) is 0 Å². The van der Waals surface area contributed by atoms with Crippen molar-refractivity contribution < 1.29 is 4.42 Å². The number of hydrogen-bond donors (Lipinski definition) is 0. The van der Waals surface area contributed by atoms with E-state index >= 15 is 0 Å². The largest absolute Gasteiger partial charge is 0.437 e. The Balaban J connectivity index is 1.04. The second-order valence-corrected chi connectivity index (χ2v) is 13.8. The molecule has 232 valence electrons. The Kier molecular flexibility index (Phi) is 5.80. The molecule has 4 nitrogen and oxygen atoms in total. The Morgan fingerprint density at radius 3 is 1.92 bits per heavy atom. The normalized spacial score (nSPS) is 12.0. The molecule has 4 aromatic heterocycles. The van der Waals surface area contributed by atoms with Crippen LogP contribution in [0.5, 0.6) is 0 Å². The zero-order valence-electron chi connectivity index (χ0n) is 26.6. The van der Waals surface area contributed by atoms with Crippen LogP contribution in [-0.4, -0.2) is 15.0 Å². The minimum absolute atomic E-state index is 0.600. The first-order chi connectivity index (χ1) is 24.8. The second kappa shape index (κ2) is 10.5. The Hall–Kier alpha value is -6.43. The summed E-state index contributed by atoms with van der Waals surface area (Å²) in [5.41, 5.74) is 8.45. The topological polar surface area (TPSA) is 51.8 Å². The van der Waals surface area contributed by atoms with Crippen molar-refractivity contribution >= 4 is 86.0 Å². The molecular formula is C45H25N3OS. The van der Waals surface area contributed by atoms with E-state index in [1.54, 1.807) is 17.7 Å². The maximum absolute atomic E-state index is 6.61. The number of thiophene rings is 1. The molecule has 0 saturated carbocycles. The maximum Gasteiger partial charge on any atom is 0.227 e. The zero-order valence-corrected chi connectivity index (χ0v) is 27.4. The molecule has 0 fully saturated rings. The summed E-state index contributed by atoms with van der Waals surface area (Å²) in [5, 5.41) is 10.8. The maximum atomic E-state index is 6.61. The van der Waals surface area contributed by atoms with Crippen LogP contribution in [0.4, 0.5) is 0 Å². The number of fused-ring (bicyclic) bond motifs is 12. The first-order valence-corrected chi connectivity index (χ1v) is 17.5. The van der Waals surface area contributed by atoms with Gasteiger partial charge >= 0.3 is 0 Å². The van der Waals surface area contributed by atoms with Crippen molar-refractivity contribution in [2.24, 2.45) is 0 Å². The van der Waals surface area contributed by atoms with Gasteiger partial charge in [0, 0.05) is 26.4 Å². The smallest absolute Gasteiger partial charge is 0.227 e. The Morgan fingerprint density at radius 1 is 0.460 bits per heavy atom. The molecule has 50 heavy (non-hydrogen) atoms. The summed E-state index contributed by atoms with van der Waals surface area (Å²) in [6.45, 7) is 0. The number of benzene rings is 7. The Morgan fingerprint density at radius 2 is 1.10 bits per heavy atom. The average Bonchev–Trinajstić information content (AvgIpc) is 3.76. The predicted octanol–water partition coefficient (Wildman–Crippen LogP) is 12.6. The highest BCUT2D eigenvalue weighted by atomic mass is 32.1. The van der Waals surface area contributed by atoms with Crippen LogP contribution in [0.25, 0.3) is 108 Å². The highest BCUT2D eigenvalue weighted by Gasteiger charge is 2.18. The van der Waals surface area contributed by atoms with Crippen molar-refractivity contribution in [3.63, 3.8) is 0 Å². The molecular weight excluding hydrogens is 631 g/mol. The number of para-hydroxylation sites is 1. The van der Waals surface area contributed by atoms with Crippen LogP contribution in [0.2, 0.25) is 0 Å². The lowest BCUT2D eigenvalue weighted by atomic mass is 9.91. The summed E-state index contributed by atoms with van der Waals surface area (Å²) >= 11 is 1.70. The van der Waals surface area contributed by atoms with Crippen molar-refractivity contribution in [2.45, 2.75) is 0 Å². The van der Waals surface area contributed by atoms with Crippen LogP contribution in [0, 0.1) is 0 Å². The van der Waals surface area contributed by atoms with Gasteiger partial charge < -0.3 is 4.42 Å². The molecule has 0 aliphatic heterocycles. The third kappa shape index (κ3) is 4.01. The molecule has 0 unspecified atom stereocenters. The summed E-state index contributed by atoms with van der Waals surface area (Å²) in [6, 6.07) is 51.9. The molecule has 0 radical (unpaired) electrons. The van der Waals surface area contributed by atoms with E-state index in [1.165, 1.54) is 42.6 Å². The fourth-order valence-corrected chi connectivity index (χ4v) is 8.85. The fraction of sp³-hybridized carbons (Fsp3) is 0. The first kappa shape index (κ1) is 27.5. The van der Waals surface area contributed by atoms with Crippen LogP contribution in [-0.2, 0) is 0 Å². The zero-order chi connectivity index (χ0) is 32.8. The van der Waals surface area contributed by atoms with Gasteiger partial charge in [-0.2, -0.15) is 0 Å². The molecule has 0 aliphatic carbocycles. The van der Waals surface area contributed by atoms with E-state index in [0.717, 1.165) is 60.0 Å². The highest BCUT2D eigenvalue weighted by molar-refractivity contribution is 7.26. The van der Waals surface area contributed by atoms with Gasteiger partial charge in [-0.15, -0.1) is 11.3 Å². The molecule has 0 bridgehead atoms. The third-order valence-corrected chi connectivity index (χ3v) is 11.2. The molecule has 0 atom stereocenters. The minimum Gasteiger partial charge on any atom is -0.437 e. The van der Waals surface area contributed by atoms with Crippen LogP contribution in [0.1, 0.15) is 0 Å². The summed E-state index contributed by atoms with van der Waals surface area (Å²) < 4.78 is 8.83. The van der Waals surface area contributed by atoms with Crippen molar-refractivity contribution in [1.82, 2.24) is 15.0 Å². The first-order valence-electron chi connectivity index (χ1n) is 16.7. The third-order valence-electron chi connectivity index (χ3n) is 10.0. The van der Waals surface area contributed by atoms with E-state index in [4.69, 9.17) is 9.40 Å². The van der Waals surface area contributed by atoms with Crippen LogP contribution >= 0.6 is 11.3 Å². The average molecular weight is 656 g/mol. The van der Waals surface area contributed by atoms with Gasteiger partial charge in [-0.25, -0.2) is 15.0 Å². The van der Waals surface area contributed by atoms with E-state index in [2.05, 4.69) is 143 Å². The molecule has 0 saturated heterocycles. The van der Waals surface area contributed by atoms with Crippen LogP contribution in [0.15, 0.2) is 156 Å². The predicted molar refractivity (Wildman–Crippen MR) is 209 cm³/mol. The lowest BCUT2D eigenvalue weighted by Gasteiger charge is -2.12. The standard InChI is InChI=1S/C45H25N3OS/c1-2-13-32-30(11-1)31-12-3-4-14-33(31)38-24-27(19-20-34(32)38)26-9-7-10-28(23-26)29-16-8-17-35-36-21-22-39(48-45(36)49-43(29)35)42-44-41(46-25-47-42)37-15-5-6-18-40(37)50-44/h1-25H. The minimum atomic E-state index is 0.600. The lowest BCUT2D eigenvalue weighted by Crippen LogP contribution is -1.89. The van der Waals surface area contributed by atoms with Gasteiger partial charge in [-0.3, -0.25) is 0 Å². The van der Waals surface area contributed by atoms with Gasteiger partial charge in [-0.05, 0) is 79.3 Å². The molecule has 0 spiro atoms. The van der Waals surface area contributed by atoms with Crippen molar-refractivity contribution in [3.05, 3.63) is 152 Å². The molecule has 5 heteroatoms. The molecule has 11 rings (SSSR count). The summed E-state index contributed by atoms with van der Waals surface area (Å²) in [6.07, 6.45) is 1.63. The monoisotopic (exact) mass is 655 g/mol. The summed E-state index contributed by atoms with van der Waals surface area (Å²) in [5.74, 6) is 0. The second-order valence-electron chi connectivity index (χ2n) is 12.8. The lowest BCUT2D eigenvalue weighted by molar-refractivity contribution is 0.655. The molecule has 0 N–H and O–H groups in total. The van der Waals surface area contributed by atoms with Crippen LogP contribution in [0.3, 0.4) is 0 Å². The van der Waals surface area contributed by atoms with Crippen molar-refractivity contribution in [2.75, 3.05) is 0 Å². The van der Waals surface area contributed by atoms with Gasteiger partial charge in [0.25, 0.3) is 0 Å². The Bertz CT molecular complexity index is 3140. The van der Waals surface area contributed by atoms with Crippen molar-refractivity contribution in [1.29, 1.82) is 0 Å². The van der Waals surface area contributed by atoms with Crippen molar-refractivity contribution in [3.8, 4) is 33.6 Å². The number of rotatable bonds is 3. The van der Waals surface area contributed by atoms with Gasteiger partial charge in [-0.1, -0.05) is 115 Å². The number of aromatic nitrogens is 3. The number of furan rings is 1. The van der Waals surface area contributed by atoms with Gasteiger partial charge in [0.2, 0.25) is 5.71 Å². The molecule has 11 aromatic rings. The van der Waals surface area contributed by atoms with E-state index in [0.29, 0.717) is 5.71 Å². The quantitative estimate of drug-likeness (QED) is 0.178. The number of nitrogens with zero attached hydrogens (tertiary/aromatic N) is 3. The highest BCUT2D eigenvalue weighted by Crippen LogP contribution is 2.41. The van der Waals surface area contributed by atoms with Crippen LogP contribution < -0.4 is 0 Å². The van der Waals surface area contributed by atoms with Gasteiger partial charge in [0.1, 0.15) is 17.6 Å².